The summed E-state index contributed by atoms with van der Waals surface area (Å²) in [6.45, 7) is 15.3. The molecule has 0 rings (SSSR count). The average molecular weight is 663 g/mol. The molecule has 0 aliphatic carbocycles. The first kappa shape index (κ1) is 47.0. The van der Waals surface area contributed by atoms with E-state index in [1.165, 1.54) is 275 Å². The van der Waals surface area contributed by atoms with Crippen LogP contribution in [0.1, 0.15) is 272 Å². The first-order valence-electron chi connectivity index (χ1n) is 23.1. The summed E-state index contributed by atoms with van der Waals surface area (Å²) in [5.41, 5.74) is 0. The monoisotopic (exact) mass is 663 g/mol. The zero-order valence-corrected chi connectivity index (χ0v) is 34.1. The van der Waals surface area contributed by atoms with Gasteiger partial charge in [-0.05, 0) is 51.4 Å². The van der Waals surface area contributed by atoms with Gasteiger partial charge >= 0.3 is 0 Å². The SMILES string of the molecule is CCCCCCCCCCCCCCCC[N+](CCCCCCCCCC)(CCCCCCCCCC)CCCCCCCCCC. The molecule has 0 N–H and O–H groups in total. The summed E-state index contributed by atoms with van der Waals surface area (Å²) in [7, 11) is 0. The Morgan fingerprint density at radius 1 is 0.170 bits per heavy atom. The lowest BCUT2D eigenvalue weighted by atomic mass is 10.0. The molecule has 0 atom stereocenters. The fraction of sp³-hybridized carbons (Fsp3) is 1.00. The zero-order valence-electron chi connectivity index (χ0n) is 34.1. The first-order valence-corrected chi connectivity index (χ1v) is 23.1. The van der Waals surface area contributed by atoms with Crippen molar-refractivity contribution in [2.24, 2.45) is 0 Å². The predicted molar refractivity (Wildman–Crippen MR) is 218 cm³/mol. The number of rotatable bonds is 42. The summed E-state index contributed by atoms with van der Waals surface area (Å²) in [6.07, 6.45) is 55.7. The van der Waals surface area contributed by atoms with Crippen LogP contribution in [0.25, 0.3) is 0 Å². The van der Waals surface area contributed by atoms with Crippen LogP contribution in [-0.2, 0) is 0 Å². The molecule has 0 saturated carbocycles. The second kappa shape index (κ2) is 40.4. The lowest BCUT2D eigenvalue weighted by Gasteiger charge is -2.40. The molecule has 284 valence electrons. The second-order valence-electron chi connectivity index (χ2n) is 16.3. The van der Waals surface area contributed by atoms with Crippen LogP contribution in [0.15, 0.2) is 0 Å². The first-order chi connectivity index (χ1) is 23.2. The van der Waals surface area contributed by atoms with Crippen molar-refractivity contribution >= 4 is 0 Å². The molecule has 47 heavy (non-hydrogen) atoms. The Balaban J connectivity index is 4.73. The topological polar surface area (TPSA) is 0 Å². The van der Waals surface area contributed by atoms with Gasteiger partial charge in [0.1, 0.15) is 0 Å². The van der Waals surface area contributed by atoms with Gasteiger partial charge in [-0.2, -0.15) is 0 Å². The van der Waals surface area contributed by atoms with Gasteiger partial charge in [-0.1, -0.05) is 220 Å². The maximum Gasteiger partial charge on any atom is 0.0786 e. The standard InChI is InChI=1S/C46H96N/c1-5-9-13-17-21-25-26-27-28-29-30-34-38-42-46-47(43-39-35-31-22-18-14-10-6-2,44-40-36-32-23-19-15-11-7-3)45-41-37-33-24-20-16-12-8-4/h5-46H2,1-4H3/q+1. The van der Waals surface area contributed by atoms with Gasteiger partial charge in [0.15, 0.2) is 0 Å². The highest BCUT2D eigenvalue weighted by Gasteiger charge is 2.25. The lowest BCUT2D eigenvalue weighted by Crippen LogP contribution is -2.50. The van der Waals surface area contributed by atoms with E-state index in [1.54, 1.807) is 0 Å². The Morgan fingerprint density at radius 2 is 0.298 bits per heavy atom. The molecule has 0 amide bonds. The second-order valence-corrected chi connectivity index (χ2v) is 16.3. The lowest BCUT2D eigenvalue weighted by molar-refractivity contribution is -0.929. The van der Waals surface area contributed by atoms with Crippen LogP contribution in [0.3, 0.4) is 0 Å². The highest BCUT2D eigenvalue weighted by molar-refractivity contribution is 4.56. The van der Waals surface area contributed by atoms with Gasteiger partial charge in [0, 0.05) is 0 Å². The molecule has 0 unspecified atom stereocenters. The molecule has 1 heteroatoms. The summed E-state index contributed by atoms with van der Waals surface area (Å²) in [5.74, 6) is 0. The third-order valence-electron chi connectivity index (χ3n) is 11.4. The quantitative estimate of drug-likeness (QED) is 0.0451. The number of hydrogen-bond acceptors (Lipinski definition) is 0. The minimum Gasteiger partial charge on any atom is -0.324 e. The Morgan fingerprint density at radius 3 is 0.447 bits per heavy atom. The van der Waals surface area contributed by atoms with E-state index < -0.39 is 0 Å². The van der Waals surface area contributed by atoms with Crippen LogP contribution in [0.5, 0.6) is 0 Å². The number of unbranched alkanes of at least 4 members (excludes halogenated alkanes) is 34. The summed E-state index contributed by atoms with van der Waals surface area (Å²) < 4.78 is 1.49. The van der Waals surface area contributed by atoms with E-state index in [-0.39, 0.29) is 0 Å². The van der Waals surface area contributed by atoms with E-state index >= 15 is 0 Å². The number of hydrogen-bond donors (Lipinski definition) is 0. The summed E-state index contributed by atoms with van der Waals surface area (Å²) in [4.78, 5) is 0. The third-order valence-corrected chi connectivity index (χ3v) is 11.4. The summed E-state index contributed by atoms with van der Waals surface area (Å²) in [5, 5.41) is 0. The molecule has 0 fully saturated rings. The maximum absolute atomic E-state index is 2.34. The van der Waals surface area contributed by atoms with Crippen molar-refractivity contribution in [2.75, 3.05) is 26.2 Å². The molecule has 0 radical (unpaired) electrons. The van der Waals surface area contributed by atoms with Gasteiger partial charge in [0.2, 0.25) is 0 Å². The third kappa shape index (κ3) is 35.6. The molecule has 0 heterocycles. The van der Waals surface area contributed by atoms with Gasteiger partial charge < -0.3 is 4.48 Å². The van der Waals surface area contributed by atoms with Crippen molar-refractivity contribution in [3.05, 3.63) is 0 Å². The summed E-state index contributed by atoms with van der Waals surface area (Å²) >= 11 is 0. The van der Waals surface area contributed by atoms with Gasteiger partial charge in [0.05, 0.1) is 26.2 Å². The molecule has 0 aliphatic heterocycles. The molecule has 1 nitrogen and oxygen atoms in total. The van der Waals surface area contributed by atoms with Gasteiger partial charge in [-0.3, -0.25) is 0 Å². The summed E-state index contributed by atoms with van der Waals surface area (Å²) in [6, 6.07) is 0. The zero-order chi connectivity index (χ0) is 34.2. The van der Waals surface area contributed by atoms with Crippen molar-refractivity contribution in [2.45, 2.75) is 272 Å². The molecule has 0 aromatic carbocycles. The van der Waals surface area contributed by atoms with E-state index in [4.69, 9.17) is 0 Å². The number of quaternary nitrogens is 1. The van der Waals surface area contributed by atoms with Crippen molar-refractivity contribution in [1.82, 2.24) is 0 Å². The average Bonchev–Trinajstić information content (AvgIpc) is 3.08. The Labute approximate surface area is 301 Å². The fourth-order valence-corrected chi connectivity index (χ4v) is 8.06. The molecular weight excluding hydrogens is 567 g/mol. The normalized spacial score (nSPS) is 12.0. The van der Waals surface area contributed by atoms with Crippen LogP contribution >= 0.6 is 0 Å². The van der Waals surface area contributed by atoms with Crippen LogP contribution < -0.4 is 0 Å². The van der Waals surface area contributed by atoms with Crippen LogP contribution in [0.4, 0.5) is 0 Å². The molecule has 0 aliphatic rings. The molecule has 0 bridgehead atoms. The van der Waals surface area contributed by atoms with Crippen LogP contribution in [0, 0.1) is 0 Å². The molecule has 0 aromatic rings. The Hall–Kier alpha value is -0.0400. The van der Waals surface area contributed by atoms with E-state index in [9.17, 15) is 0 Å². The van der Waals surface area contributed by atoms with E-state index in [1.807, 2.05) is 0 Å². The molecular formula is C46H96N+. The smallest absolute Gasteiger partial charge is 0.0786 e. The Kier molecular flexibility index (Phi) is 40.4. The van der Waals surface area contributed by atoms with E-state index in [0.717, 1.165) is 0 Å². The highest BCUT2D eigenvalue weighted by atomic mass is 15.3. The van der Waals surface area contributed by atoms with Gasteiger partial charge in [0.25, 0.3) is 0 Å². The van der Waals surface area contributed by atoms with Crippen LogP contribution in [0.2, 0.25) is 0 Å². The van der Waals surface area contributed by atoms with Gasteiger partial charge in [-0.15, -0.1) is 0 Å². The van der Waals surface area contributed by atoms with E-state index in [0.29, 0.717) is 0 Å². The largest absolute Gasteiger partial charge is 0.324 e. The highest BCUT2D eigenvalue weighted by Crippen LogP contribution is 2.21. The van der Waals surface area contributed by atoms with Crippen molar-refractivity contribution < 1.29 is 4.48 Å². The molecule has 0 aromatic heterocycles. The predicted octanol–water partition coefficient (Wildman–Crippen LogP) is 16.7. The number of nitrogens with zero attached hydrogens (tertiary/aromatic N) is 1. The maximum atomic E-state index is 2.34. The van der Waals surface area contributed by atoms with Crippen LogP contribution in [-0.4, -0.2) is 30.7 Å². The van der Waals surface area contributed by atoms with Crippen molar-refractivity contribution in [3.8, 4) is 0 Å². The Bertz CT molecular complexity index is 491. The van der Waals surface area contributed by atoms with E-state index in [2.05, 4.69) is 27.7 Å². The molecule has 0 spiro atoms. The minimum absolute atomic E-state index is 1.37. The molecule has 0 saturated heterocycles. The fourth-order valence-electron chi connectivity index (χ4n) is 8.06. The van der Waals surface area contributed by atoms with Crippen molar-refractivity contribution in [1.29, 1.82) is 0 Å². The minimum atomic E-state index is 1.37. The van der Waals surface area contributed by atoms with Gasteiger partial charge in [-0.25, -0.2) is 0 Å². The van der Waals surface area contributed by atoms with Crippen molar-refractivity contribution in [3.63, 3.8) is 0 Å².